The van der Waals surface area contributed by atoms with Gasteiger partial charge in [-0.3, -0.25) is 4.90 Å². The predicted octanol–water partition coefficient (Wildman–Crippen LogP) is 4.23. The van der Waals surface area contributed by atoms with Crippen molar-refractivity contribution in [2.24, 2.45) is 5.92 Å². The van der Waals surface area contributed by atoms with Gasteiger partial charge in [0.25, 0.3) is 0 Å². The highest BCUT2D eigenvalue weighted by Crippen LogP contribution is 2.25. The van der Waals surface area contributed by atoms with E-state index in [-0.39, 0.29) is 0 Å². The summed E-state index contributed by atoms with van der Waals surface area (Å²) in [5, 5.41) is 1.16. The Bertz CT molecular complexity index is 553. The van der Waals surface area contributed by atoms with Crippen LogP contribution in [0.4, 0.5) is 0 Å². The molecule has 0 saturated carbocycles. The number of likely N-dealkylation sites (tertiary alicyclic amines) is 1. The molecule has 3 rings (SSSR count). The summed E-state index contributed by atoms with van der Waals surface area (Å²) in [6, 6.07) is 6.77. The molecule has 2 aromatic rings. The van der Waals surface area contributed by atoms with Crippen LogP contribution in [0, 0.1) is 12.8 Å². The molecule has 0 spiro atoms. The molecule has 2 nitrogen and oxygen atoms in total. The molecule has 1 aromatic carbocycles. The van der Waals surface area contributed by atoms with Gasteiger partial charge in [-0.1, -0.05) is 19.4 Å². The van der Waals surface area contributed by atoms with E-state index in [0.29, 0.717) is 0 Å². The second kappa shape index (κ2) is 5.59. The summed E-state index contributed by atoms with van der Waals surface area (Å²) in [5.41, 5.74) is 2.58. The fourth-order valence-electron chi connectivity index (χ4n) is 3.00. The van der Waals surface area contributed by atoms with Gasteiger partial charge in [0, 0.05) is 6.54 Å². The molecular weight excluding hydrogens is 252 g/mol. The molecule has 0 bridgehead atoms. The maximum absolute atomic E-state index is 4.59. The summed E-state index contributed by atoms with van der Waals surface area (Å²) in [6.07, 6.45) is 4.08. The number of nitrogens with zero attached hydrogens (tertiary/aromatic N) is 2. The first-order valence-electron chi connectivity index (χ1n) is 7.33. The lowest BCUT2D eigenvalue weighted by molar-refractivity contribution is 0.175. The first-order chi connectivity index (χ1) is 9.24. The zero-order valence-corrected chi connectivity index (χ0v) is 12.7. The van der Waals surface area contributed by atoms with Crippen molar-refractivity contribution in [3.05, 3.63) is 28.8 Å². The van der Waals surface area contributed by atoms with E-state index in [1.165, 1.54) is 48.1 Å². The SMILES string of the molecule is CCC1CCN(Cc2ccc3sc(C)nc3c2)CC1. The molecule has 1 aliphatic rings. The first-order valence-corrected chi connectivity index (χ1v) is 8.14. The van der Waals surface area contributed by atoms with Crippen molar-refractivity contribution >= 4 is 21.6 Å². The fourth-order valence-corrected chi connectivity index (χ4v) is 3.81. The fraction of sp³-hybridized carbons (Fsp3) is 0.562. The molecule has 1 saturated heterocycles. The third-order valence-electron chi connectivity index (χ3n) is 4.25. The zero-order chi connectivity index (χ0) is 13.2. The number of hydrogen-bond acceptors (Lipinski definition) is 3. The van der Waals surface area contributed by atoms with Crippen LogP contribution < -0.4 is 0 Å². The van der Waals surface area contributed by atoms with E-state index in [9.17, 15) is 0 Å². The second-order valence-corrected chi connectivity index (χ2v) is 6.90. The smallest absolute Gasteiger partial charge is 0.0907 e. The van der Waals surface area contributed by atoms with Crippen LogP contribution in [0.15, 0.2) is 18.2 Å². The molecule has 0 aliphatic carbocycles. The summed E-state index contributed by atoms with van der Waals surface area (Å²) in [6.45, 7) is 8.00. The molecule has 2 heterocycles. The molecule has 3 heteroatoms. The van der Waals surface area contributed by atoms with Crippen molar-refractivity contribution in [3.63, 3.8) is 0 Å². The van der Waals surface area contributed by atoms with Crippen LogP contribution in [0.3, 0.4) is 0 Å². The van der Waals surface area contributed by atoms with Crippen molar-refractivity contribution < 1.29 is 0 Å². The lowest BCUT2D eigenvalue weighted by Crippen LogP contribution is -2.32. The molecule has 0 amide bonds. The molecule has 1 fully saturated rings. The quantitative estimate of drug-likeness (QED) is 0.833. The summed E-state index contributed by atoms with van der Waals surface area (Å²) in [7, 11) is 0. The van der Waals surface area contributed by atoms with E-state index >= 15 is 0 Å². The molecule has 0 unspecified atom stereocenters. The van der Waals surface area contributed by atoms with Gasteiger partial charge in [0.05, 0.1) is 15.2 Å². The minimum Gasteiger partial charge on any atom is -0.299 e. The van der Waals surface area contributed by atoms with Crippen molar-refractivity contribution in [3.8, 4) is 0 Å². The molecule has 19 heavy (non-hydrogen) atoms. The highest BCUT2D eigenvalue weighted by Gasteiger charge is 2.17. The van der Waals surface area contributed by atoms with Gasteiger partial charge in [-0.15, -0.1) is 11.3 Å². The highest BCUT2D eigenvalue weighted by atomic mass is 32.1. The molecule has 0 radical (unpaired) electrons. The van der Waals surface area contributed by atoms with Gasteiger partial charge < -0.3 is 0 Å². The first kappa shape index (κ1) is 13.1. The minimum atomic E-state index is 0.958. The average molecular weight is 274 g/mol. The number of aryl methyl sites for hydroxylation is 1. The highest BCUT2D eigenvalue weighted by molar-refractivity contribution is 7.18. The number of aromatic nitrogens is 1. The Morgan fingerprint density at radius 2 is 2.11 bits per heavy atom. The summed E-state index contributed by atoms with van der Waals surface area (Å²) >= 11 is 1.79. The summed E-state index contributed by atoms with van der Waals surface area (Å²) in [5.74, 6) is 0.958. The van der Waals surface area contributed by atoms with Crippen LogP contribution in [0.5, 0.6) is 0 Å². The maximum atomic E-state index is 4.59. The number of piperidine rings is 1. The van der Waals surface area contributed by atoms with Crippen LogP contribution in [0.25, 0.3) is 10.2 Å². The van der Waals surface area contributed by atoms with Gasteiger partial charge in [0.15, 0.2) is 0 Å². The number of hydrogen-bond donors (Lipinski definition) is 0. The lowest BCUT2D eigenvalue weighted by Gasteiger charge is -2.31. The number of rotatable bonds is 3. The van der Waals surface area contributed by atoms with Gasteiger partial charge >= 0.3 is 0 Å². The Labute approximate surface area is 119 Å². The van der Waals surface area contributed by atoms with Crippen molar-refractivity contribution in [2.45, 2.75) is 39.7 Å². The normalized spacial score (nSPS) is 18.2. The Balaban J connectivity index is 1.68. The van der Waals surface area contributed by atoms with Crippen LogP contribution in [-0.2, 0) is 6.54 Å². The number of fused-ring (bicyclic) bond motifs is 1. The van der Waals surface area contributed by atoms with Crippen LogP contribution in [0.2, 0.25) is 0 Å². The molecular formula is C16H22N2S. The Hall–Kier alpha value is -0.930. The van der Waals surface area contributed by atoms with Crippen LogP contribution >= 0.6 is 11.3 Å². The van der Waals surface area contributed by atoms with Crippen LogP contribution in [-0.4, -0.2) is 23.0 Å². The largest absolute Gasteiger partial charge is 0.299 e. The standard InChI is InChI=1S/C16H22N2S/c1-3-13-6-8-18(9-7-13)11-14-4-5-16-15(10-14)17-12(2)19-16/h4-5,10,13H,3,6-9,11H2,1-2H3. The minimum absolute atomic E-state index is 0.958. The molecule has 0 atom stereocenters. The van der Waals surface area contributed by atoms with E-state index in [0.717, 1.165) is 17.5 Å². The Kier molecular flexibility index (Phi) is 3.85. The summed E-state index contributed by atoms with van der Waals surface area (Å²) < 4.78 is 1.31. The summed E-state index contributed by atoms with van der Waals surface area (Å²) in [4.78, 5) is 7.18. The molecule has 1 aromatic heterocycles. The third kappa shape index (κ3) is 2.98. The Morgan fingerprint density at radius 3 is 2.84 bits per heavy atom. The molecule has 0 N–H and O–H groups in total. The average Bonchev–Trinajstić information content (AvgIpc) is 2.79. The maximum Gasteiger partial charge on any atom is 0.0907 e. The van der Waals surface area contributed by atoms with Crippen molar-refractivity contribution in [1.29, 1.82) is 0 Å². The Morgan fingerprint density at radius 1 is 1.32 bits per heavy atom. The molecule has 102 valence electrons. The van der Waals surface area contributed by atoms with Gasteiger partial charge in [-0.25, -0.2) is 4.98 Å². The third-order valence-corrected chi connectivity index (χ3v) is 5.20. The second-order valence-electron chi connectivity index (χ2n) is 5.66. The van der Waals surface area contributed by atoms with Crippen molar-refractivity contribution in [1.82, 2.24) is 9.88 Å². The van der Waals surface area contributed by atoms with Crippen LogP contribution in [0.1, 0.15) is 36.8 Å². The number of benzene rings is 1. The van der Waals surface area contributed by atoms with Gasteiger partial charge in [-0.2, -0.15) is 0 Å². The van der Waals surface area contributed by atoms with Gasteiger partial charge in [0.2, 0.25) is 0 Å². The van der Waals surface area contributed by atoms with Gasteiger partial charge in [0.1, 0.15) is 0 Å². The van der Waals surface area contributed by atoms with E-state index in [1.807, 2.05) is 0 Å². The van der Waals surface area contributed by atoms with E-state index in [2.05, 4.69) is 41.9 Å². The van der Waals surface area contributed by atoms with E-state index < -0.39 is 0 Å². The lowest BCUT2D eigenvalue weighted by atomic mass is 9.94. The molecule has 1 aliphatic heterocycles. The van der Waals surface area contributed by atoms with E-state index in [1.54, 1.807) is 11.3 Å². The topological polar surface area (TPSA) is 16.1 Å². The van der Waals surface area contributed by atoms with Crippen molar-refractivity contribution in [2.75, 3.05) is 13.1 Å². The van der Waals surface area contributed by atoms with E-state index in [4.69, 9.17) is 0 Å². The monoisotopic (exact) mass is 274 g/mol. The zero-order valence-electron chi connectivity index (χ0n) is 11.9. The number of thiazole rings is 1. The predicted molar refractivity (Wildman–Crippen MR) is 82.6 cm³/mol. The van der Waals surface area contributed by atoms with Gasteiger partial charge in [-0.05, 0) is 56.5 Å².